The molecule has 2 aliphatic carbocycles. The lowest BCUT2D eigenvalue weighted by Crippen LogP contribution is -1.99. The Kier molecular flexibility index (Phi) is 0.960. The van der Waals surface area contributed by atoms with E-state index in [-0.39, 0.29) is 0 Å². The van der Waals surface area contributed by atoms with Gasteiger partial charge in [-0.3, -0.25) is 0 Å². The second-order valence-electron chi connectivity index (χ2n) is 2.45. The molecule has 0 aromatic heterocycles. The Morgan fingerprint density at radius 1 is 1.56 bits per heavy atom. The van der Waals surface area contributed by atoms with Crippen molar-refractivity contribution in [1.29, 1.82) is 0 Å². The van der Waals surface area contributed by atoms with E-state index in [1.807, 2.05) is 0 Å². The summed E-state index contributed by atoms with van der Waals surface area (Å²) >= 11 is 0. The highest BCUT2D eigenvalue weighted by molar-refractivity contribution is 5.42. The monoisotopic (exact) mass is 116 g/mol. The molecule has 0 amide bonds. The van der Waals surface area contributed by atoms with Gasteiger partial charge in [-0.2, -0.15) is 0 Å². The van der Waals surface area contributed by atoms with E-state index in [9.17, 15) is 0 Å². The molecular weight excluding hydrogens is 108 g/mol. The Balaban J connectivity index is 2.37. The molecule has 1 atom stereocenters. The van der Waals surface area contributed by atoms with E-state index < -0.39 is 0 Å². The van der Waals surface area contributed by atoms with Gasteiger partial charge < -0.3 is 0 Å². The SMILES string of the molecule is C1#CC2=CC=CC2CC1. The minimum absolute atomic E-state index is 0.672. The predicted molar refractivity (Wildman–Crippen MR) is 37.7 cm³/mol. The predicted octanol–water partition coefficient (Wildman–Crippen LogP) is 1.90. The molecule has 0 aromatic rings. The molecule has 2 rings (SSSR count). The van der Waals surface area contributed by atoms with Crippen LogP contribution in [-0.4, -0.2) is 0 Å². The molecule has 0 nitrogen and oxygen atoms in total. The lowest BCUT2D eigenvalue weighted by molar-refractivity contribution is 0.707. The summed E-state index contributed by atoms with van der Waals surface area (Å²) in [7, 11) is 0. The molecule has 0 fully saturated rings. The van der Waals surface area contributed by atoms with E-state index in [2.05, 4.69) is 30.1 Å². The highest BCUT2D eigenvalue weighted by Crippen LogP contribution is 2.25. The molecule has 9 heavy (non-hydrogen) atoms. The van der Waals surface area contributed by atoms with Crippen LogP contribution in [0.25, 0.3) is 0 Å². The molecule has 0 spiro atoms. The van der Waals surface area contributed by atoms with Crippen molar-refractivity contribution in [2.45, 2.75) is 12.8 Å². The average molecular weight is 116 g/mol. The van der Waals surface area contributed by atoms with Gasteiger partial charge in [0.15, 0.2) is 0 Å². The molecule has 0 saturated heterocycles. The third kappa shape index (κ3) is 0.695. The zero-order chi connectivity index (χ0) is 6.10. The van der Waals surface area contributed by atoms with Crippen LogP contribution in [0.5, 0.6) is 0 Å². The maximum atomic E-state index is 3.13. The van der Waals surface area contributed by atoms with E-state index in [4.69, 9.17) is 0 Å². The van der Waals surface area contributed by atoms with Crippen molar-refractivity contribution in [1.82, 2.24) is 0 Å². The van der Waals surface area contributed by atoms with Crippen LogP contribution >= 0.6 is 0 Å². The number of fused-ring (bicyclic) bond motifs is 1. The molecule has 0 bridgehead atoms. The summed E-state index contributed by atoms with van der Waals surface area (Å²) in [5.74, 6) is 6.90. The van der Waals surface area contributed by atoms with E-state index in [0.29, 0.717) is 5.92 Å². The van der Waals surface area contributed by atoms with Gasteiger partial charge in [0.05, 0.1) is 0 Å². The highest BCUT2D eigenvalue weighted by atomic mass is 14.2. The summed E-state index contributed by atoms with van der Waals surface area (Å²) in [6.45, 7) is 0. The number of rotatable bonds is 0. The fourth-order valence-corrected chi connectivity index (χ4v) is 1.30. The smallest absolute Gasteiger partial charge is 0.0110 e. The summed E-state index contributed by atoms with van der Waals surface area (Å²) in [5, 5.41) is 0. The van der Waals surface area contributed by atoms with Gasteiger partial charge in [0.2, 0.25) is 0 Å². The van der Waals surface area contributed by atoms with E-state index >= 15 is 0 Å². The minimum atomic E-state index is 0.672. The normalized spacial score (nSPS) is 28.4. The van der Waals surface area contributed by atoms with E-state index in [1.165, 1.54) is 12.0 Å². The molecule has 1 unspecified atom stereocenters. The van der Waals surface area contributed by atoms with Gasteiger partial charge in [-0.15, -0.1) is 0 Å². The lowest BCUT2D eigenvalue weighted by atomic mass is 9.94. The number of hydrogen-bond donors (Lipinski definition) is 0. The van der Waals surface area contributed by atoms with Gasteiger partial charge in [-0.05, 0) is 6.42 Å². The average Bonchev–Trinajstić information content (AvgIpc) is 2.33. The molecule has 0 heteroatoms. The van der Waals surface area contributed by atoms with Crippen LogP contribution in [0.1, 0.15) is 12.8 Å². The maximum Gasteiger partial charge on any atom is 0.0110 e. The van der Waals surface area contributed by atoms with Crippen LogP contribution in [0.4, 0.5) is 0 Å². The quantitative estimate of drug-likeness (QED) is 0.424. The van der Waals surface area contributed by atoms with Crippen LogP contribution < -0.4 is 0 Å². The first kappa shape index (κ1) is 4.88. The van der Waals surface area contributed by atoms with Crippen molar-refractivity contribution in [3.05, 3.63) is 23.8 Å². The Morgan fingerprint density at radius 3 is 3.44 bits per heavy atom. The standard InChI is InChI=1S/C9H8/c1-2-5-9-7-3-6-8(9)4-1/h3,6-8H,1,4H2. The van der Waals surface area contributed by atoms with Crippen molar-refractivity contribution in [3.8, 4) is 11.8 Å². The van der Waals surface area contributed by atoms with Gasteiger partial charge >= 0.3 is 0 Å². The van der Waals surface area contributed by atoms with Crippen LogP contribution in [0.15, 0.2) is 23.8 Å². The van der Waals surface area contributed by atoms with Crippen molar-refractivity contribution >= 4 is 0 Å². The minimum Gasteiger partial charge on any atom is -0.0982 e. The van der Waals surface area contributed by atoms with Gasteiger partial charge in [-0.25, -0.2) is 0 Å². The van der Waals surface area contributed by atoms with Gasteiger partial charge in [0.1, 0.15) is 0 Å². The van der Waals surface area contributed by atoms with Crippen LogP contribution in [0.3, 0.4) is 0 Å². The highest BCUT2D eigenvalue weighted by Gasteiger charge is 2.13. The van der Waals surface area contributed by atoms with Gasteiger partial charge in [-0.1, -0.05) is 30.1 Å². The molecule has 44 valence electrons. The van der Waals surface area contributed by atoms with Crippen molar-refractivity contribution in [2.75, 3.05) is 0 Å². The van der Waals surface area contributed by atoms with Crippen LogP contribution in [0.2, 0.25) is 0 Å². The Hall–Kier alpha value is -0.960. The van der Waals surface area contributed by atoms with Crippen LogP contribution in [0, 0.1) is 17.8 Å². The van der Waals surface area contributed by atoms with Gasteiger partial charge in [0, 0.05) is 17.9 Å². The molecule has 0 radical (unpaired) electrons. The van der Waals surface area contributed by atoms with E-state index in [0.717, 1.165) is 6.42 Å². The topological polar surface area (TPSA) is 0 Å². The summed E-state index contributed by atoms with van der Waals surface area (Å²) in [5.41, 5.74) is 1.32. The second-order valence-corrected chi connectivity index (χ2v) is 2.45. The van der Waals surface area contributed by atoms with Crippen molar-refractivity contribution in [2.24, 2.45) is 5.92 Å². The largest absolute Gasteiger partial charge is 0.0982 e. The molecule has 2 aliphatic rings. The van der Waals surface area contributed by atoms with Crippen LogP contribution in [-0.2, 0) is 0 Å². The summed E-state index contributed by atoms with van der Waals surface area (Å²) in [6.07, 6.45) is 8.78. The second kappa shape index (κ2) is 1.77. The summed E-state index contributed by atoms with van der Waals surface area (Å²) in [6, 6.07) is 0. The third-order valence-electron chi connectivity index (χ3n) is 1.83. The Labute approximate surface area is 55.3 Å². The van der Waals surface area contributed by atoms with Crippen molar-refractivity contribution < 1.29 is 0 Å². The van der Waals surface area contributed by atoms with E-state index in [1.54, 1.807) is 0 Å². The molecular formula is C9H8. The lowest BCUT2D eigenvalue weighted by Gasteiger charge is -2.09. The molecule has 0 heterocycles. The molecule has 0 aromatic carbocycles. The fourth-order valence-electron chi connectivity index (χ4n) is 1.30. The first-order valence-electron chi connectivity index (χ1n) is 3.34. The molecule has 0 aliphatic heterocycles. The Morgan fingerprint density at radius 2 is 2.56 bits per heavy atom. The zero-order valence-electron chi connectivity index (χ0n) is 5.22. The maximum absolute atomic E-state index is 3.13. The van der Waals surface area contributed by atoms with Gasteiger partial charge in [0.25, 0.3) is 0 Å². The summed E-state index contributed by atoms with van der Waals surface area (Å²) in [4.78, 5) is 0. The molecule has 0 saturated carbocycles. The molecule has 0 N–H and O–H groups in total. The summed E-state index contributed by atoms with van der Waals surface area (Å²) < 4.78 is 0. The number of allylic oxidation sites excluding steroid dienone is 4. The first-order chi connectivity index (χ1) is 4.47. The third-order valence-corrected chi connectivity index (χ3v) is 1.83. The number of hydrogen-bond acceptors (Lipinski definition) is 0. The Bertz CT molecular complexity index is 232. The fraction of sp³-hybridized carbons (Fsp3) is 0.333. The van der Waals surface area contributed by atoms with Crippen molar-refractivity contribution in [3.63, 3.8) is 0 Å². The first-order valence-corrected chi connectivity index (χ1v) is 3.34. The zero-order valence-corrected chi connectivity index (χ0v) is 5.22.